The summed E-state index contributed by atoms with van der Waals surface area (Å²) in [5.74, 6) is 0.00690. The van der Waals surface area contributed by atoms with Crippen LogP contribution >= 0.6 is 0 Å². The Bertz CT molecular complexity index is 515. The summed E-state index contributed by atoms with van der Waals surface area (Å²) in [6, 6.07) is 5.83. The van der Waals surface area contributed by atoms with Crippen LogP contribution in [0.25, 0.3) is 0 Å². The van der Waals surface area contributed by atoms with Gasteiger partial charge in [0.05, 0.1) is 12.1 Å². The van der Waals surface area contributed by atoms with Crippen molar-refractivity contribution in [2.75, 3.05) is 18.9 Å². The Hall–Kier alpha value is -1.55. The van der Waals surface area contributed by atoms with Gasteiger partial charge in [-0.25, -0.2) is 0 Å². The van der Waals surface area contributed by atoms with E-state index in [1.807, 2.05) is 25.2 Å². The molecule has 0 saturated heterocycles. The Kier molecular flexibility index (Phi) is 3.66. The van der Waals surface area contributed by atoms with Crippen molar-refractivity contribution in [1.82, 2.24) is 4.90 Å². The molecule has 1 amide bonds. The number of fused-ring (bicyclic) bond motifs is 1. The smallest absolute Gasteiger partial charge is 0.254 e. The molecule has 20 heavy (non-hydrogen) atoms. The van der Waals surface area contributed by atoms with Gasteiger partial charge in [-0.15, -0.1) is 0 Å². The number of aliphatic hydroxyl groups excluding tert-OH is 1. The maximum Gasteiger partial charge on any atom is 0.254 e. The molecule has 1 heterocycles. The normalized spacial score (nSPS) is 24.9. The van der Waals surface area contributed by atoms with Crippen molar-refractivity contribution >= 4 is 11.6 Å². The minimum absolute atomic E-state index is 0.00690. The molecule has 1 aliphatic heterocycles. The fourth-order valence-corrected chi connectivity index (χ4v) is 3.32. The Morgan fingerprint density at radius 3 is 2.95 bits per heavy atom. The monoisotopic (exact) mass is 274 g/mol. The highest BCUT2D eigenvalue weighted by Crippen LogP contribution is 2.26. The van der Waals surface area contributed by atoms with Gasteiger partial charge in [0.2, 0.25) is 0 Å². The SMILES string of the molecule is CN(C(=O)c1ccc2c(c1)NCC2)C1CCCCC1O. The Balaban J connectivity index is 1.77. The molecule has 0 radical (unpaired) electrons. The minimum atomic E-state index is -0.384. The number of carbonyl (C=O) groups excluding carboxylic acids is 1. The number of carbonyl (C=O) groups is 1. The first kappa shape index (κ1) is 13.4. The fraction of sp³-hybridized carbons (Fsp3) is 0.562. The average Bonchev–Trinajstić information content (AvgIpc) is 2.93. The molecule has 1 aromatic rings. The lowest BCUT2D eigenvalue weighted by molar-refractivity contribution is 0.0268. The molecule has 4 heteroatoms. The summed E-state index contributed by atoms with van der Waals surface area (Å²) in [5, 5.41) is 13.4. The number of hydrogen-bond acceptors (Lipinski definition) is 3. The van der Waals surface area contributed by atoms with Gasteiger partial charge < -0.3 is 15.3 Å². The quantitative estimate of drug-likeness (QED) is 0.867. The molecule has 0 bridgehead atoms. The van der Waals surface area contributed by atoms with Crippen LogP contribution < -0.4 is 5.32 Å². The summed E-state index contributed by atoms with van der Waals surface area (Å²) in [7, 11) is 1.81. The van der Waals surface area contributed by atoms with Crippen LogP contribution in [0, 0.1) is 0 Å². The third-order valence-electron chi connectivity index (χ3n) is 4.58. The third kappa shape index (κ3) is 2.40. The molecule has 1 aliphatic carbocycles. The summed E-state index contributed by atoms with van der Waals surface area (Å²) in [6.07, 6.45) is 4.49. The zero-order valence-electron chi connectivity index (χ0n) is 11.9. The van der Waals surface area contributed by atoms with Crippen molar-refractivity contribution in [3.63, 3.8) is 0 Å². The molecule has 2 aliphatic rings. The van der Waals surface area contributed by atoms with E-state index in [0.717, 1.165) is 44.3 Å². The Morgan fingerprint density at radius 2 is 2.15 bits per heavy atom. The molecule has 0 spiro atoms. The number of rotatable bonds is 2. The summed E-state index contributed by atoms with van der Waals surface area (Å²) >= 11 is 0. The van der Waals surface area contributed by atoms with Crippen LogP contribution in [0.1, 0.15) is 41.6 Å². The molecular formula is C16H22N2O2. The van der Waals surface area contributed by atoms with E-state index < -0.39 is 0 Å². The largest absolute Gasteiger partial charge is 0.391 e. The van der Waals surface area contributed by atoms with Crippen LogP contribution in [0.5, 0.6) is 0 Å². The summed E-state index contributed by atoms with van der Waals surface area (Å²) in [4.78, 5) is 14.3. The van der Waals surface area contributed by atoms with Gasteiger partial charge in [-0.05, 0) is 37.0 Å². The second-order valence-corrected chi connectivity index (χ2v) is 5.88. The van der Waals surface area contributed by atoms with E-state index in [2.05, 4.69) is 5.32 Å². The topological polar surface area (TPSA) is 52.6 Å². The number of likely N-dealkylation sites (N-methyl/N-ethyl adjacent to an activating group) is 1. The van der Waals surface area contributed by atoms with Crippen molar-refractivity contribution in [1.29, 1.82) is 0 Å². The summed E-state index contributed by atoms with van der Waals surface area (Å²) in [6.45, 7) is 0.949. The van der Waals surface area contributed by atoms with Crippen molar-refractivity contribution in [2.24, 2.45) is 0 Å². The summed E-state index contributed by atoms with van der Waals surface area (Å²) < 4.78 is 0. The Labute approximate surface area is 119 Å². The fourth-order valence-electron chi connectivity index (χ4n) is 3.32. The van der Waals surface area contributed by atoms with Gasteiger partial charge in [0.1, 0.15) is 0 Å². The van der Waals surface area contributed by atoms with Gasteiger partial charge in [0.25, 0.3) is 5.91 Å². The van der Waals surface area contributed by atoms with Crippen LogP contribution in [0.4, 0.5) is 5.69 Å². The van der Waals surface area contributed by atoms with E-state index in [4.69, 9.17) is 0 Å². The van der Waals surface area contributed by atoms with E-state index in [9.17, 15) is 9.90 Å². The lowest BCUT2D eigenvalue weighted by Crippen LogP contribution is -2.46. The number of anilines is 1. The van der Waals surface area contributed by atoms with Gasteiger partial charge in [-0.3, -0.25) is 4.79 Å². The minimum Gasteiger partial charge on any atom is -0.391 e. The van der Waals surface area contributed by atoms with Crippen molar-refractivity contribution in [2.45, 2.75) is 44.2 Å². The molecule has 1 fully saturated rings. The lowest BCUT2D eigenvalue weighted by atomic mass is 9.91. The predicted molar refractivity (Wildman–Crippen MR) is 79.0 cm³/mol. The van der Waals surface area contributed by atoms with E-state index >= 15 is 0 Å². The predicted octanol–water partition coefficient (Wildman–Crippen LogP) is 2.03. The first-order chi connectivity index (χ1) is 9.66. The van der Waals surface area contributed by atoms with Gasteiger partial charge in [0, 0.05) is 24.8 Å². The highest BCUT2D eigenvalue weighted by molar-refractivity contribution is 5.95. The molecule has 108 valence electrons. The molecule has 1 saturated carbocycles. The van der Waals surface area contributed by atoms with Gasteiger partial charge in [-0.1, -0.05) is 18.9 Å². The average molecular weight is 274 g/mol. The number of amides is 1. The number of nitrogens with zero attached hydrogens (tertiary/aromatic N) is 1. The Morgan fingerprint density at radius 1 is 1.35 bits per heavy atom. The van der Waals surface area contributed by atoms with Crippen LogP contribution in [-0.4, -0.2) is 41.7 Å². The molecular weight excluding hydrogens is 252 g/mol. The van der Waals surface area contributed by atoms with E-state index in [0.29, 0.717) is 5.56 Å². The van der Waals surface area contributed by atoms with E-state index in [1.165, 1.54) is 5.56 Å². The first-order valence-electron chi connectivity index (χ1n) is 7.49. The maximum absolute atomic E-state index is 12.6. The maximum atomic E-state index is 12.6. The first-order valence-corrected chi connectivity index (χ1v) is 7.49. The molecule has 4 nitrogen and oxygen atoms in total. The van der Waals surface area contributed by atoms with Crippen LogP contribution in [0.15, 0.2) is 18.2 Å². The highest BCUT2D eigenvalue weighted by atomic mass is 16.3. The molecule has 3 rings (SSSR count). The standard InChI is InChI=1S/C16H22N2O2/c1-18(14-4-2-3-5-15(14)19)16(20)12-7-6-11-8-9-17-13(11)10-12/h6-7,10,14-15,17,19H,2-5,8-9H2,1H3. The number of aliphatic hydroxyl groups is 1. The lowest BCUT2D eigenvalue weighted by Gasteiger charge is -2.35. The van der Waals surface area contributed by atoms with Crippen LogP contribution in [0.3, 0.4) is 0 Å². The van der Waals surface area contributed by atoms with Gasteiger partial charge in [-0.2, -0.15) is 0 Å². The van der Waals surface area contributed by atoms with Crippen molar-refractivity contribution in [3.8, 4) is 0 Å². The van der Waals surface area contributed by atoms with Crippen LogP contribution in [0.2, 0.25) is 0 Å². The summed E-state index contributed by atoms with van der Waals surface area (Å²) in [5.41, 5.74) is 3.06. The molecule has 2 N–H and O–H groups in total. The molecule has 2 atom stereocenters. The molecule has 2 unspecified atom stereocenters. The molecule has 1 aromatic carbocycles. The highest BCUT2D eigenvalue weighted by Gasteiger charge is 2.30. The zero-order chi connectivity index (χ0) is 14.1. The van der Waals surface area contributed by atoms with Gasteiger partial charge in [0.15, 0.2) is 0 Å². The third-order valence-corrected chi connectivity index (χ3v) is 4.58. The van der Waals surface area contributed by atoms with Gasteiger partial charge >= 0.3 is 0 Å². The van der Waals surface area contributed by atoms with Crippen LogP contribution in [-0.2, 0) is 6.42 Å². The number of nitrogens with one attached hydrogen (secondary N) is 1. The second-order valence-electron chi connectivity index (χ2n) is 5.88. The number of benzene rings is 1. The van der Waals surface area contributed by atoms with Crippen molar-refractivity contribution < 1.29 is 9.90 Å². The van der Waals surface area contributed by atoms with Crippen molar-refractivity contribution in [3.05, 3.63) is 29.3 Å². The van der Waals surface area contributed by atoms with E-state index in [1.54, 1.807) is 4.90 Å². The molecule has 0 aromatic heterocycles. The zero-order valence-corrected chi connectivity index (χ0v) is 11.9. The number of hydrogen-bond donors (Lipinski definition) is 2. The van der Waals surface area contributed by atoms with E-state index in [-0.39, 0.29) is 18.1 Å². The second kappa shape index (κ2) is 5.44.